The first-order valence-electron chi connectivity index (χ1n) is 6.12. The molecular formula is C15H19N3. The zero-order valence-corrected chi connectivity index (χ0v) is 11.4. The van der Waals surface area contributed by atoms with Crippen molar-refractivity contribution in [3.8, 4) is 11.1 Å². The second kappa shape index (κ2) is 5.27. The van der Waals surface area contributed by atoms with Gasteiger partial charge < -0.3 is 4.90 Å². The Hall–Kier alpha value is -1.74. The average molecular weight is 241 g/mol. The monoisotopic (exact) mass is 241 g/mol. The van der Waals surface area contributed by atoms with Gasteiger partial charge in [0.2, 0.25) is 0 Å². The van der Waals surface area contributed by atoms with Gasteiger partial charge >= 0.3 is 0 Å². The number of rotatable bonds is 3. The van der Waals surface area contributed by atoms with Gasteiger partial charge in [-0.2, -0.15) is 0 Å². The lowest BCUT2D eigenvalue weighted by Gasteiger charge is -2.13. The maximum atomic E-state index is 4.60. The molecule has 0 amide bonds. The van der Waals surface area contributed by atoms with Crippen LogP contribution in [0.25, 0.3) is 11.1 Å². The van der Waals surface area contributed by atoms with Crippen molar-refractivity contribution in [2.75, 3.05) is 14.1 Å². The van der Waals surface area contributed by atoms with Gasteiger partial charge in [0, 0.05) is 17.0 Å². The van der Waals surface area contributed by atoms with Crippen molar-refractivity contribution in [1.29, 1.82) is 0 Å². The molecule has 0 spiro atoms. The summed E-state index contributed by atoms with van der Waals surface area (Å²) in [7, 11) is 4.05. The van der Waals surface area contributed by atoms with Crippen LogP contribution in [0.1, 0.15) is 17.2 Å². The lowest BCUT2D eigenvalue weighted by atomic mass is 10.0. The Kier molecular flexibility index (Phi) is 3.72. The molecule has 0 aliphatic carbocycles. The van der Waals surface area contributed by atoms with E-state index in [0.29, 0.717) is 0 Å². The van der Waals surface area contributed by atoms with E-state index in [2.05, 4.69) is 40.8 Å². The molecule has 2 rings (SSSR count). The smallest absolute Gasteiger partial charge is 0.142 e. The Bertz CT molecular complexity index is 510. The molecule has 0 N–H and O–H groups in total. The van der Waals surface area contributed by atoms with Crippen LogP contribution in [-0.2, 0) is 6.54 Å². The van der Waals surface area contributed by atoms with Gasteiger partial charge in [0.25, 0.3) is 0 Å². The molecule has 0 aliphatic rings. The lowest BCUT2D eigenvalue weighted by Crippen LogP contribution is -2.14. The van der Waals surface area contributed by atoms with Gasteiger partial charge in [0.1, 0.15) is 5.82 Å². The third kappa shape index (κ3) is 2.74. The molecule has 1 aromatic carbocycles. The zero-order valence-electron chi connectivity index (χ0n) is 11.4. The van der Waals surface area contributed by atoms with E-state index in [1.54, 1.807) is 0 Å². The number of aromatic nitrogens is 2. The summed E-state index contributed by atoms with van der Waals surface area (Å²) in [6, 6.07) is 10.3. The highest BCUT2D eigenvalue weighted by molar-refractivity contribution is 5.67. The minimum atomic E-state index is 0.775. The number of benzene rings is 1. The number of hydrogen-bond acceptors (Lipinski definition) is 3. The molecule has 2 aromatic rings. The van der Waals surface area contributed by atoms with Crippen LogP contribution in [-0.4, -0.2) is 29.0 Å². The molecule has 3 nitrogen and oxygen atoms in total. The number of hydrogen-bond donors (Lipinski definition) is 0. The molecule has 0 fully saturated rings. The van der Waals surface area contributed by atoms with Crippen LogP contribution in [0.4, 0.5) is 0 Å². The summed E-state index contributed by atoms with van der Waals surface area (Å²) >= 11 is 0. The summed E-state index contributed by atoms with van der Waals surface area (Å²) in [6.45, 7) is 4.88. The maximum Gasteiger partial charge on any atom is 0.142 e. The number of nitrogens with zero attached hydrogens (tertiary/aromatic N) is 3. The van der Waals surface area contributed by atoms with E-state index >= 15 is 0 Å². The third-order valence-corrected chi connectivity index (χ3v) is 2.84. The van der Waals surface area contributed by atoms with Gasteiger partial charge in [0.05, 0.1) is 6.54 Å². The minimum Gasteiger partial charge on any atom is -0.302 e. The average Bonchev–Trinajstić information content (AvgIpc) is 2.28. The van der Waals surface area contributed by atoms with Crippen molar-refractivity contribution in [1.82, 2.24) is 14.9 Å². The maximum absolute atomic E-state index is 4.60. The predicted molar refractivity (Wildman–Crippen MR) is 74.3 cm³/mol. The molecule has 0 unspecified atom stereocenters. The van der Waals surface area contributed by atoms with E-state index in [9.17, 15) is 0 Å². The van der Waals surface area contributed by atoms with E-state index in [4.69, 9.17) is 0 Å². The fourth-order valence-electron chi connectivity index (χ4n) is 2.16. The van der Waals surface area contributed by atoms with E-state index < -0.39 is 0 Å². The first kappa shape index (κ1) is 12.7. The second-order valence-corrected chi connectivity index (χ2v) is 4.79. The summed E-state index contributed by atoms with van der Waals surface area (Å²) in [5.41, 5.74) is 4.43. The molecule has 0 aliphatic heterocycles. The van der Waals surface area contributed by atoms with Crippen LogP contribution >= 0.6 is 0 Å². The third-order valence-electron chi connectivity index (χ3n) is 2.84. The molecule has 1 aromatic heterocycles. The van der Waals surface area contributed by atoms with Crippen molar-refractivity contribution in [2.45, 2.75) is 20.4 Å². The Morgan fingerprint density at radius 2 is 1.50 bits per heavy atom. The Balaban J connectivity index is 2.45. The molecule has 94 valence electrons. The van der Waals surface area contributed by atoms with Crippen LogP contribution < -0.4 is 0 Å². The predicted octanol–water partition coefficient (Wildman–Crippen LogP) is 2.82. The van der Waals surface area contributed by atoms with Crippen LogP contribution in [0, 0.1) is 13.8 Å². The Morgan fingerprint density at radius 1 is 0.944 bits per heavy atom. The van der Waals surface area contributed by atoms with Gasteiger partial charge in [-0.3, -0.25) is 0 Å². The van der Waals surface area contributed by atoms with Gasteiger partial charge in [0.15, 0.2) is 0 Å². The van der Waals surface area contributed by atoms with E-state index in [0.717, 1.165) is 29.3 Å². The molecule has 0 saturated carbocycles. The normalized spacial score (nSPS) is 10.9. The van der Waals surface area contributed by atoms with E-state index in [1.807, 2.05) is 32.3 Å². The SMILES string of the molecule is Cc1nc(CN(C)C)nc(C)c1-c1ccccc1. The summed E-state index contributed by atoms with van der Waals surface area (Å²) in [4.78, 5) is 11.3. The van der Waals surface area contributed by atoms with E-state index in [1.165, 1.54) is 5.56 Å². The second-order valence-electron chi connectivity index (χ2n) is 4.79. The summed E-state index contributed by atoms with van der Waals surface area (Å²) in [5.74, 6) is 0.884. The highest BCUT2D eigenvalue weighted by Crippen LogP contribution is 2.24. The van der Waals surface area contributed by atoms with Crippen LogP contribution in [0.5, 0.6) is 0 Å². The molecule has 0 radical (unpaired) electrons. The number of aryl methyl sites for hydroxylation is 2. The summed E-state index contributed by atoms with van der Waals surface area (Å²) in [6.07, 6.45) is 0. The largest absolute Gasteiger partial charge is 0.302 e. The van der Waals surface area contributed by atoms with Gasteiger partial charge in [-0.15, -0.1) is 0 Å². The molecule has 0 bridgehead atoms. The fourth-order valence-corrected chi connectivity index (χ4v) is 2.16. The van der Waals surface area contributed by atoms with Crippen molar-refractivity contribution >= 4 is 0 Å². The Labute approximate surface area is 109 Å². The summed E-state index contributed by atoms with van der Waals surface area (Å²) < 4.78 is 0. The first-order chi connectivity index (χ1) is 8.58. The van der Waals surface area contributed by atoms with Crippen LogP contribution in [0.15, 0.2) is 30.3 Å². The van der Waals surface area contributed by atoms with E-state index in [-0.39, 0.29) is 0 Å². The topological polar surface area (TPSA) is 29.0 Å². The fraction of sp³-hybridized carbons (Fsp3) is 0.333. The van der Waals surface area contributed by atoms with Crippen molar-refractivity contribution < 1.29 is 0 Å². The molecule has 0 atom stereocenters. The summed E-state index contributed by atoms with van der Waals surface area (Å²) in [5, 5.41) is 0. The quantitative estimate of drug-likeness (QED) is 0.827. The van der Waals surface area contributed by atoms with Crippen LogP contribution in [0.2, 0.25) is 0 Å². The standard InChI is InChI=1S/C15H19N3/c1-11-15(13-8-6-5-7-9-13)12(2)17-14(16-11)10-18(3)4/h5-9H,10H2,1-4H3. The zero-order chi connectivity index (χ0) is 13.1. The first-order valence-corrected chi connectivity index (χ1v) is 6.12. The minimum absolute atomic E-state index is 0.775. The molecule has 18 heavy (non-hydrogen) atoms. The van der Waals surface area contributed by atoms with Crippen LogP contribution in [0.3, 0.4) is 0 Å². The van der Waals surface area contributed by atoms with Crippen molar-refractivity contribution in [2.24, 2.45) is 0 Å². The Morgan fingerprint density at radius 3 is 2.00 bits per heavy atom. The van der Waals surface area contributed by atoms with Gasteiger partial charge in [-0.25, -0.2) is 9.97 Å². The highest BCUT2D eigenvalue weighted by Gasteiger charge is 2.10. The molecule has 0 saturated heterocycles. The highest BCUT2D eigenvalue weighted by atomic mass is 15.1. The lowest BCUT2D eigenvalue weighted by molar-refractivity contribution is 0.389. The molecular weight excluding hydrogens is 222 g/mol. The van der Waals surface area contributed by atoms with Crippen molar-refractivity contribution in [3.63, 3.8) is 0 Å². The van der Waals surface area contributed by atoms with Gasteiger partial charge in [-0.05, 0) is 33.5 Å². The van der Waals surface area contributed by atoms with Crippen molar-refractivity contribution in [3.05, 3.63) is 47.5 Å². The molecule has 3 heteroatoms. The van der Waals surface area contributed by atoms with Gasteiger partial charge in [-0.1, -0.05) is 30.3 Å². The molecule has 1 heterocycles.